The van der Waals surface area contributed by atoms with Gasteiger partial charge in [-0.25, -0.2) is 0 Å². The summed E-state index contributed by atoms with van der Waals surface area (Å²) in [6.07, 6.45) is 0. The standard InChI is InChI=1S/C7H7.C4H9.Al.FH/c1-7-5-3-2-4-6-7;1-4(2)3;;/h2-5H,1H3;4H,1H2,2-3H3;;1H/q;;+1;/p-1. The molecule has 0 spiro atoms. The summed E-state index contributed by atoms with van der Waals surface area (Å²) in [7, 11) is 0. The van der Waals surface area contributed by atoms with Gasteiger partial charge in [-0.2, -0.15) is 0 Å². The smallest absolute Gasteiger partial charge is 1.00 e. The topological polar surface area (TPSA) is 0 Å². The van der Waals surface area contributed by atoms with Crippen LogP contribution in [0.5, 0.6) is 0 Å². The Kier molecular flexibility index (Phi) is 6.03. The van der Waals surface area contributed by atoms with Crippen LogP contribution in [0.25, 0.3) is 0 Å². The first-order valence-electron chi connectivity index (χ1n) is 4.59. The first-order valence-corrected chi connectivity index (χ1v) is 5.98. The van der Waals surface area contributed by atoms with Crippen LogP contribution in [0.1, 0.15) is 19.4 Å². The maximum atomic E-state index is 2.30. The molecule has 0 fully saturated rings. The van der Waals surface area contributed by atoms with Gasteiger partial charge >= 0.3 is 81.4 Å². The fraction of sp³-hybridized carbons (Fsp3) is 0.455. The number of hydrogen-bond acceptors (Lipinski definition) is 0. The third-order valence-corrected chi connectivity index (χ3v) is 4.26. The first kappa shape index (κ1) is 12.7. The Bertz CT molecular complexity index is 246. The van der Waals surface area contributed by atoms with Crippen LogP contribution in [-0.4, -0.2) is 15.2 Å². The minimum absolute atomic E-state index is 0. The molecule has 1 aromatic carbocycles. The molecule has 0 unspecified atom stereocenters. The molecule has 0 nitrogen and oxygen atoms in total. The van der Waals surface area contributed by atoms with E-state index < -0.39 is 0 Å². The summed E-state index contributed by atoms with van der Waals surface area (Å²) in [4.78, 5) is 0. The summed E-state index contributed by atoms with van der Waals surface area (Å²) in [6.45, 7) is 6.80. The third kappa shape index (κ3) is 4.45. The molecule has 1 aromatic rings. The van der Waals surface area contributed by atoms with Crippen LogP contribution in [0, 0.1) is 12.8 Å². The Balaban J connectivity index is 0.00000144. The summed E-state index contributed by atoms with van der Waals surface area (Å²) in [6, 6.07) is 8.75. The monoisotopic (exact) mass is 194 g/mol. The molecule has 0 aromatic heterocycles. The molecule has 0 radical (unpaired) electrons. The van der Waals surface area contributed by atoms with E-state index in [9.17, 15) is 0 Å². The Morgan fingerprint density at radius 1 is 1.23 bits per heavy atom. The van der Waals surface area contributed by atoms with Crippen molar-refractivity contribution in [2.45, 2.75) is 26.1 Å². The van der Waals surface area contributed by atoms with Gasteiger partial charge in [0.15, 0.2) is 0 Å². The molecule has 0 amide bonds. The summed E-state index contributed by atoms with van der Waals surface area (Å²) in [5, 5.41) is 1.38. The minimum Gasteiger partial charge on any atom is -1.00 e. The Morgan fingerprint density at radius 3 is 2.38 bits per heavy atom. The van der Waals surface area contributed by atoms with Gasteiger partial charge in [0, 0.05) is 0 Å². The number of rotatable bonds is 3. The average molecular weight is 194 g/mol. The van der Waals surface area contributed by atoms with E-state index >= 15 is 0 Å². The summed E-state index contributed by atoms with van der Waals surface area (Å²) in [5.74, 6) is 0.847. The van der Waals surface area contributed by atoms with Crippen LogP contribution in [-0.2, 0) is 0 Å². The number of hydrogen-bond donors (Lipinski definition) is 0. The summed E-state index contributed by atoms with van der Waals surface area (Å²) >= 11 is 0.498. The van der Waals surface area contributed by atoms with Gasteiger partial charge in [0.05, 0.1) is 0 Å². The van der Waals surface area contributed by atoms with Crippen molar-refractivity contribution in [1.29, 1.82) is 0 Å². The zero-order valence-corrected chi connectivity index (χ0v) is 9.70. The Hall–Kier alpha value is -0.318. The van der Waals surface area contributed by atoms with Crippen LogP contribution in [0.15, 0.2) is 24.3 Å². The second-order valence-electron chi connectivity index (χ2n) is 3.69. The SMILES string of the molecule is Cc1cccc[c]1[Al+][CH2]C(C)C.[F-]. The maximum absolute atomic E-state index is 2.30. The van der Waals surface area contributed by atoms with Gasteiger partial charge in [-0.1, -0.05) is 0 Å². The molecular weight excluding hydrogens is 178 g/mol. The van der Waals surface area contributed by atoms with Crippen molar-refractivity contribution < 1.29 is 4.70 Å². The molecule has 0 bridgehead atoms. The number of aryl methyl sites for hydroxylation is 1. The van der Waals surface area contributed by atoms with E-state index in [4.69, 9.17) is 0 Å². The molecule has 70 valence electrons. The van der Waals surface area contributed by atoms with Crippen LogP contribution < -0.4 is 9.13 Å². The number of halogens is 1. The van der Waals surface area contributed by atoms with Crippen molar-refractivity contribution in [3.05, 3.63) is 29.8 Å². The molecule has 1 rings (SSSR count). The molecule has 0 aliphatic heterocycles. The van der Waals surface area contributed by atoms with Crippen molar-refractivity contribution in [3.8, 4) is 0 Å². The molecule has 0 saturated heterocycles. The largest absolute Gasteiger partial charge is 1.00 e. The quantitative estimate of drug-likeness (QED) is 0.564. The van der Waals surface area contributed by atoms with Crippen LogP contribution >= 0.6 is 0 Å². The van der Waals surface area contributed by atoms with Gasteiger partial charge in [-0.15, -0.1) is 0 Å². The molecule has 0 N–H and O–H groups in total. The molecule has 0 aliphatic carbocycles. The maximum Gasteiger partial charge on any atom is -1.00 e. The molecule has 0 heterocycles. The molecule has 0 atom stereocenters. The number of benzene rings is 1. The predicted octanol–water partition coefficient (Wildman–Crippen LogP) is -0.597. The third-order valence-electron chi connectivity index (χ3n) is 2.00. The predicted molar refractivity (Wildman–Crippen MR) is 56.2 cm³/mol. The van der Waals surface area contributed by atoms with Crippen LogP contribution in [0.3, 0.4) is 0 Å². The normalized spacial score (nSPS) is 9.23. The van der Waals surface area contributed by atoms with Crippen molar-refractivity contribution in [3.63, 3.8) is 0 Å². The fourth-order valence-electron chi connectivity index (χ4n) is 1.18. The van der Waals surface area contributed by atoms with E-state index in [1.54, 1.807) is 4.43 Å². The molecule has 13 heavy (non-hydrogen) atoms. The van der Waals surface area contributed by atoms with Gasteiger partial charge < -0.3 is 4.70 Å². The Morgan fingerprint density at radius 2 is 1.85 bits per heavy atom. The average Bonchev–Trinajstić information content (AvgIpc) is 2.03. The molecule has 0 saturated carbocycles. The van der Waals surface area contributed by atoms with E-state index in [-0.39, 0.29) is 4.70 Å². The summed E-state index contributed by atoms with van der Waals surface area (Å²) < 4.78 is 1.59. The van der Waals surface area contributed by atoms with E-state index in [1.165, 1.54) is 10.8 Å². The van der Waals surface area contributed by atoms with Gasteiger partial charge in [0.25, 0.3) is 0 Å². The van der Waals surface area contributed by atoms with Gasteiger partial charge in [-0.3, -0.25) is 0 Å². The second-order valence-corrected chi connectivity index (χ2v) is 5.19. The van der Waals surface area contributed by atoms with E-state index in [0.29, 0.717) is 15.2 Å². The second kappa shape index (κ2) is 6.18. The Labute approximate surface area is 86.4 Å². The van der Waals surface area contributed by atoms with Gasteiger partial charge in [0.1, 0.15) is 0 Å². The van der Waals surface area contributed by atoms with Crippen molar-refractivity contribution in [1.82, 2.24) is 0 Å². The zero-order valence-electron chi connectivity index (χ0n) is 8.55. The fourth-order valence-corrected chi connectivity index (χ4v) is 2.57. The van der Waals surface area contributed by atoms with Crippen molar-refractivity contribution >= 4 is 19.6 Å². The minimum atomic E-state index is 0. The van der Waals surface area contributed by atoms with Gasteiger partial charge in [0.2, 0.25) is 0 Å². The molecular formula is C11H16AlF. The van der Waals surface area contributed by atoms with Crippen molar-refractivity contribution in [2.24, 2.45) is 5.92 Å². The van der Waals surface area contributed by atoms with Crippen LogP contribution in [0.4, 0.5) is 0 Å². The van der Waals surface area contributed by atoms with E-state index in [0.717, 1.165) is 5.92 Å². The molecule has 2 heteroatoms. The van der Waals surface area contributed by atoms with Crippen molar-refractivity contribution in [2.75, 3.05) is 0 Å². The zero-order chi connectivity index (χ0) is 8.97. The van der Waals surface area contributed by atoms with E-state index in [2.05, 4.69) is 45.0 Å². The molecule has 0 aliphatic rings. The van der Waals surface area contributed by atoms with Gasteiger partial charge in [-0.05, 0) is 0 Å². The van der Waals surface area contributed by atoms with Crippen LogP contribution in [0.2, 0.25) is 5.28 Å². The van der Waals surface area contributed by atoms with E-state index in [1.807, 2.05) is 0 Å². The summed E-state index contributed by atoms with van der Waals surface area (Å²) in [5.41, 5.74) is 1.47. The first-order chi connectivity index (χ1) is 5.70.